The molecule has 3 aromatic carbocycles. The van der Waals surface area contributed by atoms with E-state index in [9.17, 15) is 9.59 Å². The average Bonchev–Trinajstić information content (AvgIpc) is 2.67. The molecular weight excluding hydrogens is 336 g/mol. The smallest absolute Gasteiger partial charge is 0.221 e. The van der Waals surface area contributed by atoms with Gasteiger partial charge in [-0.25, -0.2) is 0 Å². The first-order valence-corrected chi connectivity index (χ1v) is 8.91. The van der Waals surface area contributed by atoms with Crippen molar-refractivity contribution < 1.29 is 9.59 Å². The Kier molecular flexibility index (Phi) is 6.00. The minimum absolute atomic E-state index is 0.122. The highest BCUT2D eigenvalue weighted by molar-refractivity contribution is 5.90. The van der Waals surface area contributed by atoms with Crippen LogP contribution in [-0.2, 0) is 17.6 Å². The summed E-state index contributed by atoms with van der Waals surface area (Å²) in [5.74, 6) is -0.122. The molecule has 0 saturated heterocycles. The third kappa shape index (κ3) is 5.28. The lowest BCUT2D eigenvalue weighted by atomic mass is 10.0. The van der Waals surface area contributed by atoms with Crippen LogP contribution in [0.5, 0.6) is 0 Å². The molecule has 0 atom stereocenters. The van der Waals surface area contributed by atoms with Gasteiger partial charge in [0, 0.05) is 29.5 Å². The molecule has 27 heavy (non-hydrogen) atoms. The van der Waals surface area contributed by atoms with Gasteiger partial charge in [0.2, 0.25) is 5.91 Å². The predicted molar refractivity (Wildman–Crippen MR) is 110 cm³/mol. The molecule has 0 fully saturated rings. The van der Waals surface area contributed by atoms with Crippen LogP contribution in [0.1, 0.15) is 28.4 Å². The fourth-order valence-corrected chi connectivity index (χ4v) is 2.94. The van der Waals surface area contributed by atoms with E-state index < -0.39 is 0 Å². The maximum atomic E-state index is 11.4. The van der Waals surface area contributed by atoms with Gasteiger partial charge in [0.15, 0.2) is 6.29 Å². The number of hydrogen-bond donors (Lipinski definition) is 2. The summed E-state index contributed by atoms with van der Waals surface area (Å²) >= 11 is 0. The lowest BCUT2D eigenvalue weighted by Crippen LogP contribution is -2.06. The SMILES string of the molecule is CC(=O)Nc1cccc(Nc2cc(CCc3ccccc3)ccc2C=O)c1. The zero-order chi connectivity index (χ0) is 19.1. The van der Waals surface area contributed by atoms with E-state index in [1.165, 1.54) is 12.5 Å². The Morgan fingerprint density at radius 1 is 0.852 bits per heavy atom. The summed E-state index contributed by atoms with van der Waals surface area (Å²) in [4.78, 5) is 22.7. The van der Waals surface area contributed by atoms with E-state index >= 15 is 0 Å². The van der Waals surface area contributed by atoms with Crippen LogP contribution in [0.25, 0.3) is 0 Å². The molecule has 0 aliphatic rings. The van der Waals surface area contributed by atoms with Crippen molar-refractivity contribution in [3.05, 3.63) is 89.5 Å². The summed E-state index contributed by atoms with van der Waals surface area (Å²) in [6.45, 7) is 1.47. The molecule has 0 heterocycles. The van der Waals surface area contributed by atoms with E-state index in [-0.39, 0.29) is 5.91 Å². The molecular formula is C23H22N2O2. The molecule has 3 rings (SSSR count). The van der Waals surface area contributed by atoms with Crippen molar-refractivity contribution in [2.75, 3.05) is 10.6 Å². The van der Waals surface area contributed by atoms with Gasteiger partial charge in [-0.2, -0.15) is 0 Å². The lowest BCUT2D eigenvalue weighted by molar-refractivity contribution is -0.114. The van der Waals surface area contributed by atoms with Crippen LogP contribution in [0.4, 0.5) is 17.1 Å². The summed E-state index contributed by atoms with van der Waals surface area (Å²) in [5.41, 5.74) is 5.32. The second kappa shape index (κ2) is 8.81. The minimum Gasteiger partial charge on any atom is -0.355 e. The molecule has 0 saturated carbocycles. The van der Waals surface area contributed by atoms with E-state index in [2.05, 4.69) is 22.8 Å². The Labute approximate surface area is 159 Å². The largest absolute Gasteiger partial charge is 0.355 e. The molecule has 136 valence electrons. The summed E-state index contributed by atoms with van der Waals surface area (Å²) in [7, 11) is 0. The molecule has 1 amide bonds. The van der Waals surface area contributed by atoms with E-state index in [1.807, 2.05) is 60.7 Å². The van der Waals surface area contributed by atoms with E-state index in [1.54, 1.807) is 0 Å². The van der Waals surface area contributed by atoms with Crippen LogP contribution < -0.4 is 10.6 Å². The van der Waals surface area contributed by atoms with Gasteiger partial charge in [-0.15, -0.1) is 0 Å². The van der Waals surface area contributed by atoms with Crippen LogP contribution in [0.2, 0.25) is 0 Å². The van der Waals surface area contributed by atoms with Gasteiger partial charge in [-0.05, 0) is 54.3 Å². The van der Waals surface area contributed by atoms with Crippen LogP contribution in [0.15, 0.2) is 72.8 Å². The first kappa shape index (κ1) is 18.4. The fraction of sp³-hybridized carbons (Fsp3) is 0.130. The Bertz CT molecular complexity index is 936. The normalized spacial score (nSPS) is 10.3. The van der Waals surface area contributed by atoms with Gasteiger partial charge in [-0.3, -0.25) is 9.59 Å². The maximum absolute atomic E-state index is 11.4. The highest BCUT2D eigenvalue weighted by Gasteiger charge is 2.06. The van der Waals surface area contributed by atoms with Crippen LogP contribution in [0, 0.1) is 0 Å². The predicted octanol–water partition coefficient (Wildman–Crippen LogP) is 4.99. The van der Waals surface area contributed by atoms with Crippen molar-refractivity contribution in [3.63, 3.8) is 0 Å². The Morgan fingerprint density at radius 3 is 2.33 bits per heavy atom. The topological polar surface area (TPSA) is 58.2 Å². The lowest BCUT2D eigenvalue weighted by Gasteiger charge is -2.12. The number of amides is 1. The Balaban J connectivity index is 1.77. The van der Waals surface area contributed by atoms with Gasteiger partial charge in [0.05, 0.1) is 0 Å². The quantitative estimate of drug-likeness (QED) is 0.585. The Hall–Kier alpha value is -3.40. The average molecular weight is 358 g/mol. The zero-order valence-corrected chi connectivity index (χ0v) is 15.2. The second-order valence-electron chi connectivity index (χ2n) is 6.41. The maximum Gasteiger partial charge on any atom is 0.221 e. The molecule has 4 heteroatoms. The molecule has 0 bridgehead atoms. The number of carbonyl (C=O) groups is 2. The molecule has 0 aliphatic heterocycles. The first-order chi connectivity index (χ1) is 13.1. The molecule has 3 aromatic rings. The standard InChI is InChI=1S/C23H22N2O2/c1-17(27)24-21-8-5-9-22(15-21)25-23-14-19(12-13-20(23)16-26)11-10-18-6-3-2-4-7-18/h2-9,12-16,25H,10-11H2,1H3,(H,24,27). The Morgan fingerprint density at radius 2 is 1.59 bits per heavy atom. The zero-order valence-electron chi connectivity index (χ0n) is 15.2. The van der Waals surface area contributed by atoms with Crippen LogP contribution in [0.3, 0.4) is 0 Å². The number of aryl methyl sites for hydroxylation is 2. The number of rotatable bonds is 7. The number of nitrogens with one attached hydrogen (secondary N) is 2. The number of anilines is 3. The highest BCUT2D eigenvalue weighted by Crippen LogP contribution is 2.24. The van der Waals surface area contributed by atoms with Crippen molar-refractivity contribution in [3.8, 4) is 0 Å². The van der Waals surface area contributed by atoms with Crippen LogP contribution in [-0.4, -0.2) is 12.2 Å². The minimum atomic E-state index is -0.122. The van der Waals surface area contributed by atoms with Gasteiger partial charge in [-0.1, -0.05) is 42.5 Å². The van der Waals surface area contributed by atoms with E-state index in [4.69, 9.17) is 0 Å². The summed E-state index contributed by atoms with van der Waals surface area (Å²) in [6, 6.07) is 23.6. The molecule has 4 nitrogen and oxygen atoms in total. The van der Waals surface area contributed by atoms with Crippen LogP contribution >= 0.6 is 0 Å². The molecule has 0 spiro atoms. The van der Waals surface area contributed by atoms with Gasteiger partial charge in [0.25, 0.3) is 0 Å². The summed E-state index contributed by atoms with van der Waals surface area (Å²) in [6.07, 6.45) is 2.68. The second-order valence-corrected chi connectivity index (χ2v) is 6.41. The highest BCUT2D eigenvalue weighted by atomic mass is 16.1. The van der Waals surface area contributed by atoms with Gasteiger partial charge >= 0.3 is 0 Å². The van der Waals surface area contributed by atoms with Crippen molar-refractivity contribution in [2.24, 2.45) is 0 Å². The third-order valence-corrected chi connectivity index (χ3v) is 4.25. The number of aldehydes is 1. The van der Waals surface area contributed by atoms with E-state index in [0.29, 0.717) is 11.3 Å². The molecule has 2 N–H and O–H groups in total. The number of hydrogen-bond acceptors (Lipinski definition) is 3. The summed E-state index contributed by atoms with van der Waals surface area (Å²) in [5, 5.41) is 6.05. The van der Waals surface area contributed by atoms with Crippen molar-refractivity contribution in [1.82, 2.24) is 0 Å². The van der Waals surface area contributed by atoms with Crippen molar-refractivity contribution in [1.29, 1.82) is 0 Å². The summed E-state index contributed by atoms with van der Waals surface area (Å²) < 4.78 is 0. The fourth-order valence-electron chi connectivity index (χ4n) is 2.94. The monoisotopic (exact) mass is 358 g/mol. The van der Waals surface area contributed by atoms with E-state index in [0.717, 1.165) is 36.1 Å². The van der Waals surface area contributed by atoms with Gasteiger partial charge < -0.3 is 10.6 Å². The molecule has 0 aliphatic carbocycles. The molecule has 0 aromatic heterocycles. The number of carbonyl (C=O) groups excluding carboxylic acids is 2. The van der Waals surface area contributed by atoms with Gasteiger partial charge in [0.1, 0.15) is 0 Å². The third-order valence-electron chi connectivity index (χ3n) is 4.25. The molecule has 0 radical (unpaired) electrons. The number of benzene rings is 3. The molecule has 0 unspecified atom stereocenters. The van der Waals surface area contributed by atoms with Crippen molar-refractivity contribution >= 4 is 29.3 Å². The first-order valence-electron chi connectivity index (χ1n) is 8.91. The van der Waals surface area contributed by atoms with Crippen molar-refractivity contribution in [2.45, 2.75) is 19.8 Å².